The largest absolute Gasteiger partial charge is 0.393 e. The highest BCUT2D eigenvalue weighted by molar-refractivity contribution is 4.65. The van der Waals surface area contributed by atoms with Gasteiger partial charge in [0.25, 0.3) is 0 Å². The van der Waals surface area contributed by atoms with E-state index in [1.54, 1.807) is 0 Å². The first-order valence-corrected chi connectivity index (χ1v) is 7.33. The fraction of sp³-hybridized carbons (Fsp3) is 1.00. The summed E-state index contributed by atoms with van der Waals surface area (Å²) in [4.78, 5) is 0. The first-order valence-electron chi connectivity index (χ1n) is 7.33. The predicted octanol–water partition coefficient (Wildman–Crippen LogP) is 3.96. The number of hydrogen-bond acceptors (Lipinski definition) is 2. The first kappa shape index (κ1) is 17.8. The van der Waals surface area contributed by atoms with E-state index in [1.165, 1.54) is 0 Å². The lowest BCUT2D eigenvalue weighted by molar-refractivity contribution is 0.0497. The summed E-state index contributed by atoms with van der Waals surface area (Å²) < 4.78 is 17.4. The average Bonchev–Trinajstić information content (AvgIpc) is 2.33. The van der Waals surface area contributed by atoms with E-state index in [4.69, 9.17) is 4.74 Å². The molecular weight excluding hydrogens is 231 g/mol. The van der Waals surface area contributed by atoms with Gasteiger partial charge in [0.15, 0.2) is 0 Å². The molecule has 110 valence electrons. The third-order valence-electron chi connectivity index (χ3n) is 3.72. The van der Waals surface area contributed by atoms with Crippen LogP contribution in [0.3, 0.4) is 0 Å². The van der Waals surface area contributed by atoms with Crippen LogP contribution in [0, 0.1) is 11.8 Å². The quantitative estimate of drug-likeness (QED) is 0.571. The molecule has 0 aliphatic rings. The van der Waals surface area contributed by atoms with Crippen LogP contribution in [0.1, 0.15) is 59.8 Å². The molecule has 0 aliphatic carbocycles. The van der Waals surface area contributed by atoms with Crippen molar-refractivity contribution in [2.75, 3.05) is 13.3 Å². The lowest BCUT2D eigenvalue weighted by Crippen LogP contribution is -2.15. The summed E-state index contributed by atoms with van der Waals surface area (Å²) in [6.07, 6.45) is 4.67. The third-order valence-corrected chi connectivity index (χ3v) is 3.72. The van der Waals surface area contributed by atoms with Crippen molar-refractivity contribution in [1.82, 2.24) is 0 Å². The van der Waals surface area contributed by atoms with Crippen LogP contribution in [0.15, 0.2) is 0 Å². The molecule has 0 saturated carbocycles. The van der Waals surface area contributed by atoms with Crippen LogP contribution in [-0.4, -0.2) is 30.6 Å². The minimum atomic E-state index is -0.292. The van der Waals surface area contributed by atoms with Gasteiger partial charge in [-0.15, -0.1) is 0 Å². The van der Waals surface area contributed by atoms with Crippen LogP contribution in [-0.2, 0) is 4.74 Å². The molecule has 0 radical (unpaired) electrons. The SMILES string of the molecule is CC(O)CCC(C)C(C)CCC(C)OCCCF. The Hall–Kier alpha value is -0.150. The van der Waals surface area contributed by atoms with Gasteiger partial charge in [-0.05, 0) is 57.8 Å². The molecule has 1 N–H and O–H groups in total. The maximum Gasteiger partial charge on any atom is 0.0916 e. The zero-order chi connectivity index (χ0) is 14.0. The van der Waals surface area contributed by atoms with Crippen LogP contribution < -0.4 is 0 Å². The van der Waals surface area contributed by atoms with E-state index >= 15 is 0 Å². The Morgan fingerprint density at radius 2 is 1.50 bits per heavy atom. The van der Waals surface area contributed by atoms with Crippen molar-refractivity contribution in [2.24, 2.45) is 11.8 Å². The molecule has 4 unspecified atom stereocenters. The molecule has 0 aromatic carbocycles. The van der Waals surface area contributed by atoms with E-state index in [1.807, 2.05) is 6.92 Å². The Labute approximate surface area is 112 Å². The van der Waals surface area contributed by atoms with Crippen molar-refractivity contribution in [3.8, 4) is 0 Å². The van der Waals surface area contributed by atoms with Crippen molar-refractivity contribution < 1.29 is 14.2 Å². The van der Waals surface area contributed by atoms with Crippen LogP contribution >= 0.6 is 0 Å². The number of rotatable bonds is 11. The molecule has 0 aromatic rings. The lowest BCUT2D eigenvalue weighted by Gasteiger charge is -2.22. The summed E-state index contributed by atoms with van der Waals surface area (Å²) in [6, 6.07) is 0. The Bertz CT molecular complexity index is 185. The summed E-state index contributed by atoms with van der Waals surface area (Å²) >= 11 is 0. The number of aliphatic hydroxyl groups is 1. The molecular formula is C15H31FO2. The van der Waals surface area contributed by atoms with E-state index in [-0.39, 0.29) is 18.9 Å². The summed E-state index contributed by atoms with van der Waals surface area (Å²) in [5.74, 6) is 1.29. The Balaban J connectivity index is 3.63. The molecule has 0 bridgehead atoms. The molecule has 18 heavy (non-hydrogen) atoms. The second-order valence-corrected chi connectivity index (χ2v) is 5.68. The van der Waals surface area contributed by atoms with E-state index < -0.39 is 0 Å². The molecule has 0 rings (SSSR count). The van der Waals surface area contributed by atoms with Gasteiger partial charge in [0.05, 0.1) is 18.9 Å². The normalized spacial score (nSPS) is 18.3. The smallest absolute Gasteiger partial charge is 0.0916 e. The van der Waals surface area contributed by atoms with E-state index in [2.05, 4.69) is 20.8 Å². The second kappa shape index (κ2) is 10.7. The van der Waals surface area contributed by atoms with Gasteiger partial charge in [0, 0.05) is 6.61 Å². The molecule has 0 aromatic heterocycles. The monoisotopic (exact) mass is 262 g/mol. The molecule has 3 heteroatoms. The number of ether oxygens (including phenoxy) is 1. The highest BCUT2D eigenvalue weighted by Gasteiger charge is 2.14. The van der Waals surface area contributed by atoms with Crippen molar-refractivity contribution in [2.45, 2.75) is 72.0 Å². The molecule has 0 spiro atoms. The van der Waals surface area contributed by atoms with Gasteiger partial charge >= 0.3 is 0 Å². The minimum absolute atomic E-state index is 0.192. The van der Waals surface area contributed by atoms with Gasteiger partial charge in [-0.1, -0.05) is 13.8 Å². The molecule has 4 atom stereocenters. The lowest BCUT2D eigenvalue weighted by atomic mass is 9.87. The number of aliphatic hydroxyl groups excluding tert-OH is 1. The molecule has 2 nitrogen and oxygen atoms in total. The fourth-order valence-corrected chi connectivity index (χ4v) is 1.99. The highest BCUT2D eigenvalue weighted by Crippen LogP contribution is 2.23. The first-order chi connectivity index (χ1) is 8.47. The third kappa shape index (κ3) is 9.84. The maximum atomic E-state index is 11.9. The van der Waals surface area contributed by atoms with Gasteiger partial charge in [-0.25, -0.2) is 0 Å². The molecule has 0 fully saturated rings. The number of halogens is 1. The van der Waals surface area contributed by atoms with Crippen molar-refractivity contribution in [3.63, 3.8) is 0 Å². The van der Waals surface area contributed by atoms with Crippen LogP contribution in [0.25, 0.3) is 0 Å². The Morgan fingerprint density at radius 3 is 2.00 bits per heavy atom. The van der Waals surface area contributed by atoms with Gasteiger partial charge in [-0.3, -0.25) is 4.39 Å². The molecule has 0 amide bonds. The average molecular weight is 262 g/mol. The van der Waals surface area contributed by atoms with Gasteiger partial charge in [-0.2, -0.15) is 0 Å². The van der Waals surface area contributed by atoms with Gasteiger partial charge < -0.3 is 9.84 Å². The summed E-state index contributed by atoms with van der Waals surface area (Å²) in [5, 5.41) is 9.27. The Kier molecular flexibility index (Phi) is 10.7. The second-order valence-electron chi connectivity index (χ2n) is 5.68. The predicted molar refractivity (Wildman–Crippen MR) is 74.5 cm³/mol. The number of alkyl halides is 1. The van der Waals surface area contributed by atoms with Crippen LogP contribution in [0.4, 0.5) is 4.39 Å². The molecule has 0 aliphatic heterocycles. The zero-order valence-electron chi connectivity index (χ0n) is 12.5. The topological polar surface area (TPSA) is 29.5 Å². The Morgan fingerprint density at radius 1 is 0.944 bits per heavy atom. The minimum Gasteiger partial charge on any atom is -0.393 e. The fourth-order valence-electron chi connectivity index (χ4n) is 1.99. The van der Waals surface area contributed by atoms with E-state index in [9.17, 15) is 9.50 Å². The van der Waals surface area contributed by atoms with Crippen LogP contribution in [0.2, 0.25) is 0 Å². The number of hydrogen-bond donors (Lipinski definition) is 1. The van der Waals surface area contributed by atoms with E-state index in [0.717, 1.165) is 25.7 Å². The summed E-state index contributed by atoms with van der Waals surface area (Å²) in [7, 11) is 0. The van der Waals surface area contributed by atoms with Crippen molar-refractivity contribution >= 4 is 0 Å². The van der Waals surface area contributed by atoms with Gasteiger partial charge in [0.2, 0.25) is 0 Å². The summed E-state index contributed by atoms with van der Waals surface area (Å²) in [6.45, 7) is 8.66. The van der Waals surface area contributed by atoms with Crippen molar-refractivity contribution in [1.29, 1.82) is 0 Å². The van der Waals surface area contributed by atoms with Crippen LogP contribution in [0.5, 0.6) is 0 Å². The standard InChI is InChI=1S/C15H31FO2/c1-12(6-8-14(3)17)13(2)7-9-15(4)18-11-5-10-16/h12-15,17H,5-11H2,1-4H3. The zero-order valence-corrected chi connectivity index (χ0v) is 12.5. The maximum absolute atomic E-state index is 11.9. The summed E-state index contributed by atoms with van der Waals surface area (Å²) in [5.41, 5.74) is 0. The molecule has 0 heterocycles. The molecule has 0 saturated heterocycles. The van der Waals surface area contributed by atoms with Gasteiger partial charge in [0.1, 0.15) is 0 Å². The highest BCUT2D eigenvalue weighted by atomic mass is 19.1. The van der Waals surface area contributed by atoms with Crippen molar-refractivity contribution in [3.05, 3.63) is 0 Å². The van der Waals surface area contributed by atoms with E-state index in [0.29, 0.717) is 24.9 Å².